The average molecular weight is 200 g/mol. The maximum atomic E-state index is 3.51. The lowest BCUT2D eigenvalue weighted by molar-refractivity contribution is 0.253. The van der Waals surface area contributed by atoms with Gasteiger partial charge in [0.25, 0.3) is 0 Å². The van der Waals surface area contributed by atoms with Gasteiger partial charge in [-0.3, -0.25) is 0 Å². The van der Waals surface area contributed by atoms with Crippen molar-refractivity contribution in [3.8, 4) is 0 Å². The van der Waals surface area contributed by atoms with E-state index in [9.17, 15) is 0 Å². The zero-order chi connectivity index (χ0) is 11.0. The van der Waals surface area contributed by atoms with Crippen LogP contribution in [0.25, 0.3) is 0 Å². The molecule has 0 amide bonds. The fourth-order valence-electron chi connectivity index (χ4n) is 1.14. The lowest BCUT2D eigenvalue weighted by atomic mass is 9.82. The van der Waals surface area contributed by atoms with Gasteiger partial charge in [-0.2, -0.15) is 0 Å². The third-order valence-electron chi connectivity index (χ3n) is 2.89. The molecule has 1 unspecified atom stereocenters. The van der Waals surface area contributed by atoms with E-state index in [1.165, 1.54) is 6.42 Å². The highest BCUT2D eigenvalue weighted by Gasteiger charge is 2.18. The van der Waals surface area contributed by atoms with E-state index in [1.807, 2.05) is 0 Å². The van der Waals surface area contributed by atoms with Crippen molar-refractivity contribution in [1.29, 1.82) is 0 Å². The molecule has 2 heteroatoms. The van der Waals surface area contributed by atoms with E-state index in [1.54, 1.807) is 0 Å². The Balaban J connectivity index is 3.28. The van der Waals surface area contributed by atoms with Crippen LogP contribution in [0.3, 0.4) is 0 Å². The SMILES string of the molecule is CCNCCCNCC(C)C(C)(C)C. The molecule has 0 aliphatic rings. The number of rotatable bonds is 7. The summed E-state index contributed by atoms with van der Waals surface area (Å²) in [5, 5.41) is 6.84. The lowest BCUT2D eigenvalue weighted by Crippen LogP contribution is -2.31. The Bertz CT molecular complexity index is 127. The van der Waals surface area contributed by atoms with Crippen LogP contribution in [0.4, 0.5) is 0 Å². The van der Waals surface area contributed by atoms with Crippen LogP contribution in [-0.4, -0.2) is 26.2 Å². The van der Waals surface area contributed by atoms with Gasteiger partial charge in [0, 0.05) is 0 Å². The molecule has 1 atom stereocenters. The summed E-state index contributed by atoms with van der Waals surface area (Å²) in [5.74, 6) is 0.738. The van der Waals surface area contributed by atoms with Crippen molar-refractivity contribution in [2.45, 2.75) is 41.0 Å². The van der Waals surface area contributed by atoms with E-state index < -0.39 is 0 Å². The molecule has 0 aromatic carbocycles. The molecular weight excluding hydrogens is 172 g/mol. The minimum atomic E-state index is 0.425. The first-order valence-corrected chi connectivity index (χ1v) is 5.90. The standard InChI is InChI=1S/C12H28N2/c1-6-13-8-7-9-14-10-11(2)12(3,4)5/h11,13-14H,6-10H2,1-5H3. The maximum absolute atomic E-state index is 3.51. The van der Waals surface area contributed by atoms with Gasteiger partial charge in [0.2, 0.25) is 0 Å². The van der Waals surface area contributed by atoms with E-state index in [4.69, 9.17) is 0 Å². The van der Waals surface area contributed by atoms with Crippen LogP contribution in [0.15, 0.2) is 0 Å². The Kier molecular flexibility index (Phi) is 7.20. The molecule has 0 aliphatic carbocycles. The lowest BCUT2D eigenvalue weighted by Gasteiger charge is -2.27. The van der Waals surface area contributed by atoms with Gasteiger partial charge in [0.15, 0.2) is 0 Å². The van der Waals surface area contributed by atoms with Crippen molar-refractivity contribution in [3.05, 3.63) is 0 Å². The predicted molar refractivity (Wildman–Crippen MR) is 64.6 cm³/mol. The normalized spacial score (nSPS) is 14.4. The summed E-state index contributed by atoms with van der Waals surface area (Å²) in [6, 6.07) is 0. The van der Waals surface area contributed by atoms with Crippen LogP contribution in [0.2, 0.25) is 0 Å². The summed E-state index contributed by atoms with van der Waals surface area (Å²) < 4.78 is 0. The molecule has 0 rings (SSSR count). The topological polar surface area (TPSA) is 24.1 Å². The minimum absolute atomic E-state index is 0.425. The molecular formula is C12H28N2. The first kappa shape index (κ1) is 13.9. The average Bonchev–Trinajstić information content (AvgIpc) is 2.09. The molecule has 2 N–H and O–H groups in total. The second kappa shape index (κ2) is 7.24. The number of hydrogen-bond acceptors (Lipinski definition) is 2. The van der Waals surface area contributed by atoms with Gasteiger partial charge in [0.05, 0.1) is 0 Å². The summed E-state index contributed by atoms with van der Waals surface area (Å²) in [6.45, 7) is 15.9. The fourth-order valence-corrected chi connectivity index (χ4v) is 1.14. The first-order chi connectivity index (χ1) is 6.48. The predicted octanol–water partition coefficient (Wildman–Crippen LogP) is 2.26. The van der Waals surface area contributed by atoms with Crippen LogP contribution in [0.5, 0.6) is 0 Å². The van der Waals surface area contributed by atoms with Crippen molar-refractivity contribution >= 4 is 0 Å². The highest BCUT2D eigenvalue weighted by atomic mass is 14.9. The molecule has 0 spiro atoms. The Morgan fingerprint density at radius 1 is 1.07 bits per heavy atom. The third-order valence-corrected chi connectivity index (χ3v) is 2.89. The third kappa shape index (κ3) is 7.34. The van der Waals surface area contributed by atoms with Crippen LogP contribution in [0.1, 0.15) is 41.0 Å². The molecule has 0 heterocycles. The Morgan fingerprint density at radius 2 is 1.64 bits per heavy atom. The van der Waals surface area contributed by atoms with Crippen LogP contribution in [-0.2, 0) is 0 Å². The van der Waals surface area contributed by atoms with E-state index in [2.05, 4.69) is 45.3 Å². The Hall–Kier alpha value is -0.0800. The van der Waals surface area contributed by atoms with Crippen molar-refractivity contribution in [1.82, 2.24) is 10.6 Å². The van der Waals surface area contributed by atoms with E-state index in [-0.39, 0.29) is 0 Å². The van der Waals surface area contributed by atoms with Crippen molar-refractivity contribution in [2.75, 3.05) is 26.2 Å². The van der Waals surface area contributed by atoms with Crippen LogP contribution in [0, 0.1) is 11.3 Å². The highest BCUT2D eigenvalue weighted by Crippen LogP contribution is 2.24. The summed E-state index contributed by atoms with van der Waals surface area (Å²) in [7, 11) is 0. The zero-order valence-corrected chi connectivity index (χ0v) is 10.6. The maximum Gasteiger partial charge on any atom is -0.00181 e. The van der Waals surface area contributed by atoms with Crippen molar-refractivity contribution in [2.24, 2.45) is 11.3 Å². The highest BCUT2D eigenvalue weighted by molar-refractivity contribution is 4.71. The van der Waals surface area contributed by atoms with Crippen LogP contribution >= 0.6 is 0 Å². The molecule has 2 nitrogen and oxygen atoms in total. The van der Waals surface area contributed by atoms with E-state index in [0.29, 0.717) is 5.41 Å². The molecule has 0 radical (unpaired) electrons. The van der Waals surface area contributed by atoms with Gasteiger partial charge in [-0.05, 0) is 43.9 Å². The van der Waals surface area contributed by atoms with Gasteiger partial charge in [-0.25, -0.2) is 0 Å². The number of nitrogens with one attached hydrogen (secondary N) is 2. The smallest absolute Gasteiger partial charge is 0.00181 e. The molecule has 0 fully saturated rings. The van der Waals surface area contributed by atoms with Gasteiger partial charge < -0.3 is 10.6 Å². The van der Waals surface area contributed by atoms with Gasteiger partial charge in [-0.1, -0.05) is 34.6 Å². The van der Waals surface area contributed by atoms with Crippen LogP contribution < -0.4 is 10.6 Å². The quantitative estimate of drug-likeness (QED) is 0.616. The second-order valence-corrected chi connectivity index (χ2v) is 5.18. The zero-order valence-electron chi connectivity index (χ0n) is 10.6. The summed E-state index contributed by atoms with van der Waals surface area (Å²) in [4.78, 5) is 0. The molecule has 0 bridgehead atoms. The summed E-state index contributed by atoms with van der Waals surface area (Å²) in [6.07, 6.45) is 1.23. The molecule has 0 aromatic rings. The second-order valence-electron chi connectivity index (χ2n) is 5.18. The van der Waals surface area contributed by atoms with Gasteiger partial charge in [0.1, 0.15) is 0 Å². The molecule has 0 saturated carbocycles. The van der Waals surface area contributed by atoms with Gasteiger partial charge >= 0.3 is 0 Å². The first-order valence-electron chi connectivity index (χ1n) is 5.90. The van der Waals surface area contributed by atoms with E-state index in [0.717, 1.165) is 32.1 Å². The van der Waals surface area contributed by atoms with Crippen molar-refractivity contribution < 1.29 is 0 Å². The monoisotopic (exact) mass is 200 g/mol. The van der Waals surface area contributed by atoms with Gasteiger partial charge in [-0.15, -0.1) is 0 Å². The fraction of sp³-hybridized carbons (Fsp3) is 1.00. The minimum Gasteiger partial charge on any atom is -0.317 e. The summed E-state index contributed by atoms with van der Waals surface area (Å²) >= 11 is 0. The summed E-state index contributed by atoms with van der Waals surface area (Å²) in [5.41, 5.74) is 0.425. The Labute approximate surface area is 89.9 Å². The number of hydrogen-bond donors (Lipinski definition) is 2. The molecule has 86 valence electrons. The molecule has 0 saturated heterocycles. The van der Waals surface area contributed by atoms with Crippen molar-refractivity contribution in [3.63, 3.8) is 0 Å². The molecule has 14 heavy (non-hydrogen) atoms. The molecule has 0 aromatic heterocycles. The Morgan fingerprint density at radius 3 is 2.14 bits per heavy atom. The molecule has 0 aliphatic heterocycles. The largest absolute Gasteiger partial charge is 0.317 e. The van der Waals surface area contributed by atoms with E-state index >= 15 is 0 Å².